The smallest absolute Gasteiger partial charge is 0.198 e. The molecule has 1 aromatic heterocycles. The van der Waals surface area contributed by atoms with Crippen LogP contribution < -0.4 is 0 Å². The summed E-state index contributed by atoms with van der Waals surface area (Å²) in [6.07, 6.45) is 2.26. The molecule has 0 N–H and O–H groups in total. The van der Waals surface area contributed by atoms with E-state index in [0.29, 0.717) is 18.8 Å². The highest BCUT2D eigenvalue weighted by molar-refractivity contribution is 5.95. The van der Waals surface area contributed by atoms with E-state index in [2.05, 4.69) is 0 Å². The summed E-state index contributed by atoms with van der Waals surface area (Å²) in [5.41, 5.74) is 0. The van der Waals surface area contributed by atoms with Crippen LogP contribution in [0.25, 0.3) is 0 Å². The molecule has 0 aliphatic heterocycles. The van der Waals surface area contributed by atoms with Crippen LogP contribution in [0.4, 0.5) is 0 Å². The van der Waals surface area contributed by atoms with Crippen molar-refractivity contribution in [1.82, 2.24) is 0 Å². The minimum Gasteiger partial charge on any atom is -0.461 e. The fourth-order valence-electron chi connectivity index (χ4n) is 1.15. The van der Waals surface area contributed by atoms with E-state index in [1.165, 1.54) is 6.26 Å². The molecule has 0 atom stereocenters. The lowest BCUT2D eigenvalue weighted by atomic mass is 10.1. The highest BCUT2D eigenvalue weighted by Crippen LogP contribution is 2.07. The highest BCUT2D eigenvalue weighted by atomic mass is 16.5. The average Bonchev–Trinajstić information content (AvgIpc) is 2.76. The van der Waals surface area contributed by atoms with E-state index in [1.807, 2.05) is 0 Å². The number of ether oxygens (including phenoxy) is 1. The first kappa shape index (κ1) is 11.7. The summed E-state index contributed by atoms with van der Waals surface area (Å²) in [6, 6.07) is 3.25. The number of methoxy groups -OCH3 is 1. The van der Waals surface area contributed by atoms with Gasteiger partial charge in [0.2, 0.25) is 0 Å². The molecule has 1 heterocycles. The standard InChI is InChI=1S/C11H14O4/c1-14-8-6-9(12)4-5-10(13)11-3-2-7-15-11/h2-3,7H,4-6,8H2,1H3. The zero-order valence-electron chi connectivity index (χ0n) is 8.69. The van der Waals surface area contributed by atoms with Crippen LogP contribution in [0.5, 0.6) is 0 Å². The van der Waals surface area contributed by atoms with Crippen LogP contribution in [0.3, 0.4) is 0 Å². The van der Waals surface area contributed by atoms with Gasteiger partial charge < -0.3 is 9.15 Å². The Morgan fingerprint density at radius 2 is 2.13 bits per heavy atom. The summed E-state index contributed by atoms with van der Waals surface area (Å²) in [6.45, 7) is 0.410. The van der Waals surface area contributed by atoms with Crippen molar-refractivity contribution < 1.29 is 18.7 Å². The van der Waals surface area contributed by atoms with E-state index in [-0.39, 0.29) is 24.4 Å². The molecule has 82 valence electrons. The van der Waals surface area contributed by atoms with Crippen molar-refractivity contribution in [2.45, 2.75) is 19.3 Å². The summed E-state index contributed by atoms with van der Waals surface area (Å²) in [4.78, 5) is 22.6. The van der Waals surface area contributed by atoms with E-state index < -0.39 is 0 Å². The van der Waals surface area contributed by atoms with Crippen molar-refractivity contribution in [3.8, 4) is 0 Å². The Morgan fingerprint density at radius 1 is 1.33 bits per heavy atom. The second-order valence-corrected chi connectivity index (χ2v) is 3.18. The predicted octanol–water partition coefficient (Wildman–Crippen LogP) is 1.85. The van der Waals surface area contributed by atoms with Crippen LogP contribution in [-0.4, -0.2) is 25.3 Å². The zero-order valence-corrected chi connectivity index (χ0v) is 8.69. The third kappa shape index (κ3) is 4.08. The lowest BCUT2D eigenvalue weighted by Gasteiger charge is -1.98. The highest BCUT2D eigenvalue weighted by Gasteiger charge is 2.10. The van der Waals surface area contributed by atoms with Crippen LogP contribution in [0.15, 0.2) is 22.8 Å². The minimum atomic E-state index is -0.134. The van der Waals surface area contributed by atoms with Gasteiger partial charge in [0.25, 0.3) is 0 Å². The topological polar surface area (TPSA) is 56.5 Å². The fraction of sp³-hybridized carbons (Fsp3) is 0.455. The number of carbonyl (C=O) groups is 2. The largest absolute Gasteiger partial charge is 0.461 e. The van der Waals surface area contributed by atoms with Gasteiger partial charge in [-0.05, 0) is 12.1 Å². The molecule has 1 aromatic rings. The van der Waals surface area contributed by atoms with Gasteiger partial charge >= 0.3 is 0 Å². The predicted molar refractivity (Wildman–Crippen MR) is 53.8 cm³/mol. The van der Waals surface area contributed by atoms with Crippen LogP contribution >= 0.6 is 0 Å². The maximum Gasteiger partial charge on any atom is 0.198 e. The number of hydrogen-bond donors (Lipinski definition) is 0. The molecule has 0 aliphatic rings. The van der Waals surface area contributed by atoms with E-state index in [1.54, 1.807) is 19.2 Å². The molecule has 0 fully saturated rings. The molecule has 1 rings (SSSR count). The molecule has 0 aromatic carbocycles. The van der Waals surface area contributed by atoms with Crippen LogP contribution in [0.1, 0.15) is 29.8 Å². The van der Waals surface area contributed by atoms with Crippen molar-refractivity contribution in [2.24, 2.45) is 0 Å². The van der Waals surface area contributed by atoms with Gasteiger partial charge in [-0.3, -0.25) is 9.59 Å². The van der Waals surface area contributed by atoms with Gasteiger partial charge in [0, 0.05) is 26.4 Å². The maximum absolute atomic E-state index is 11.4. The van der Waals surface area contributed by atoms with Gasteiger partial charge in [0.15, 0.2) is 11.5 Å². The molecular weight excluding hydrogens is 196 g/mol. The summed E-state index contributed by atoms with van der Waals surface area (Å²) in [7, 11) is 1.54. The Balaban J connectivity index is 2.25. The third-order valence-corrected chi connectivity index (χ3v) is 2.01. The lowest BCUT2D eigenvalue weighted by Crippen LogP contribution is -2.06. The summed E-state index contributed by atoms with van der Waals surface area (Å²) >= 11 is 0. The Bertz CT molecular complexity index is 313. The van der Waals surface area contributed by atoms with Crippen LogP contribution in [0.2, 0.25) is 0 Å². The van der Waals surface area contributed by atoms with Crippen molar-refractivity contribution >= 4 is 11.6 Å². The van der Waals surface area contributed by atoms with E-state index >= 15 is 0 Å². The maximum atomic E-state index is 11.4. The average molecular weight is 210 g/mol. The molecule has 0 radical (unpaired) electrons. The monoisotopic (exact) mass is 210 g/mol. The Kier molecular flexibility index (Phi) is 4.77. The second kappa shape index (κ2) is 6.14. The van der Waals surface area contributed by atoms with Crippen LogP contribution in [0, 0.1) is 0 Å². The molecule has 0 unspecified atom stereocenters. The zero-order chi connectivity index (χ0) is 11.1. The van der Waals surface area contributed by atoms with E-state index in [9.17, 15) is 9.59 Å². The molecule has 0 amide bonds. The molecular formula is C11H14O4. The number of Topliss-reactive ketones (excluding diaryl/α,β-unsaturated/α-hetero) is 2. The molecule has 0 bridgehead atoms. The molecule has 0 spiro atoms. The normalized spacial score (nSPS) is 10.2. The SMILES string of the molecule is COCCC(=O)CCC(=O)c1ccco1. The molecule has 15 heavy (non-hydrogen) atoms. The van der Waals surface area contributed by atoms with Crippen LogP contribution in [-0.2, 0) is 9.53 Å². The first-order chi connectivity index (χ1) is 7.24. The van der Waals surface area contributed by atoms with Gasteiger partial charge in [-0.15, -0.1) is 0 Å². The Morgan fingerprint density at radius 3 is 2.73 bits per heavy atom. The van der Waals surface area contributed by atoms with Crippen molar-refractivity contribution in [3.05, 3.63) is 24.2 Å². The van der Waals surface area contributed by atoms with Gasteiger partial charge in [0.1, 0.15) is 5.78 Å². The quantitative estimate of drug-likeness (QED) is 0.644. The van der Waals surface area contributed by atoms with Gasteiger partial charge in [-0.1, -0.05) is 0 Å². The first-order valence-electron chi connectivity index (χ1n) is 4.81. The van der Waals surface area contributed by atoms with E-state index in [4.69, 9.17) is 9.15 Å². The molecule has 4 nitrogen and oxygen atoms in total. The molecule has 4 heteroatoms. The number of furan rings is 1. The summed E-state index contributed by atoms with van der Waals surface area (Å²) < 4.78 is 9.69. The third-order valence-electron chi connectivity index (χ3n) is 2.01. The molecule has 0 aliphatic carbocycles. The number of rotatable bonds is 7. The lowest BCUT2D eigenvalue weighted by molar-refractivity contribution is -0.119. The van der Waals surface area contributed by atoms with E-state index in [0.717, 1.165) is 0 Å². The molecule has 0 saturated carbocycles. The fourth-order valence-corrected chi connectivity index (χ4v) is 1.15. The van der Waals surface area contributed by atoms with Gasteiger partial charge in [0.05, 0.1) is 12.9 Å². The first-order valence-corrected chi connectivity index (χ1v) is 4.81. The Hall–Kier alpha value is -1.42. The summed E-state index contributed by atoms with van der Waals surface area (Å²) in [5, 5.41) is 0. The number of ketones is 2. The molecule has 0 saturated heterocycles. The van der Waals surface area contributed by atoms with Gasteiger partial charge in [-0.25, -0.2) is 0 Å². The second-order valence-electron chi connectivity index (χ2n) is 3.18. The van der Waals surface area contributed by atoms with Crippen molar-refractivity contribution in [3.63, 3.8) is 0 Å². The van der Waals surface area contributed by atoms with Crippen molar-refractivity contribution in [1.29, 1.82) is 0 Å². The summed E-state index contributed by atoms with van der Waals surface area (Å²) in [5.74, 6) is 0.220. The van der Waals surface area contributed by atoms with Gasteiger partial charge in [-0.2, -0.15) is 0 Å². The minimum absolute atomic E-state index is 0.0387. The Labute approximate surface area is 88.2 Å². The van der Waals surface area contributed by atoms with Crippen molar-refractivity contribution in [2.75, 3.05) is 13.7 Å². The number of carbonyl (C=O) groups excluding carboxylic acids is 2. The number of hydrogen-bond acceptors (Lipinski definition) is 4.